The fourth-order valence-electron chi connectivity index (χ4n) is 2.80. The fraction of sp³-hybridized carbons (Fsp3) is 0.474. The van der Waals surface area contributed by atoms with E-state index in [0.29, 0.717) is 13.0 Å². The van der Waals surface area contributed by atoms with Gasteiger partial charge < -0.3 is 19.5 Å². The molecule has 1 aromatic carbocycles. The van der Waals surface area contributed by atoms with E-state index in [4.69, 9.17) is 9.47 Å². The molecule has 0 radical (unpaired) electrons. The molecule has 25 heavy (non-hydrogen) atoms. The number of carbonyl (C=O) groups excluding carboxylic acids is 2. The monoisotopic (exact) mass is 345 g/mol. The standard InChI is InChI=1S/C19H23NO5/c1-3-24-17(21)11-12-19(2,23)16-10-7-13-20(16)18(22)25-14-15-8-5-4-6-9-15/h4-6,8-9,16,23H,3,7,10,13-14H2,1-2H3/t16-,19-/m0/s1. The maximum Gasteiger partial charge on any atom is 0.410 e. The van der Waals surface area contributed by atoms with Gasteiger partial charge in [-0.15, -0.1) is 0 Å². The molecule has 0 aromatic heterocycles. The van der Waals surface area contributed by atoms with Gasteiger partial charge in [0.1, 0.15) is 12.2 Å². The number of likely N-dealkylation sites (tertiary alicyclic amines) is 1. The Hall–Kier alpha value is -2.52. The number of aliphatic hydroxyl groups is 1. The summed E-state index contributed by atoms with van der Waals surface area (Å²) in [5, 5.41) is 10.6. The fourth-order valence-corrected chi connectivity index (χ4v) is 2.80. The first-order chi connectivity index (χ1) is 11.9. The molecule has 1 fully saturated rings. The van der Waals surface area contributed by atoms with Gasteiger partial charge in [-0.2, -0.15) is 0 Å². The Labute approximate surface area is 147 Å². The lowest BCUT2D eigenvalue weighted by atomic mass is 9.95. The third kappa shape index (κ3) is 5.23. The molecular formula is C19H23NO5. The van der Waals surface area contributed by atoms with Crippen LogP contribution in [0.15, 0.2) is 30.3 Å². The Morgan fingerprint density at radius 3 is 2.72 bits per heavy atom. The number of hydrogen-bond acceptors (Lipinski definition) is 5. The number of benzene rings is 1. The number of hydrogen-bond donors (Lipinski definition) is 1. The van der Waals surface area contributed by atoms with E-state index in [1.165, 1.54) is 11.8 Å². The molecular weight excluding hydrogens is 322 g/mol. The lowest BCUT2D eigenvalue weighted by Crippen LogP contribution is -2.49. The average molecular weight is 345 g/mol. The molecule has 0 spiro atoms. The second-order valence-corrected chi connectivity index (χ2v) is 6.01. The van der Waals surface area contributed by atoms with E-state index in [0.717, 1.165) is 12.0 Å². The van der Waals surface area contributed by atoms with Crippen molar-refractivity contribution in [1.29, 1.82) is 0 Å². The second kappa shape index (κ2) is 8.54. The summed E-state index contributed by atoms with van der Waals surface area (Å²) in [5.74, 6) is 4.11. The highest BCUT2D eigenvalue weighted by Crippen LogP contribution is 2.27. The molecule has 0 aliphatic carbocycles. The zero-order chi connectivity index (χ0) is 18.3. The summed E-state index contributed by atoms with van der Waals surface area (Å²) in [7, 11) is 0. The second-order valence-electron chi connectivity index (χ2n) is 6.01. The van der Waals surface area contributed by atoms with Crippen molar-refractivity contribution in [2.45, 2.75) is 44.9 Å². The van der Waals surface area contributed by atoms with Crippen LogP contribution in [0.1, 0.15) is 32.3 Å². The van der Waals surface area contributed by atoms with Crippen LogP contribution >= 0.6 is 0 Å². The van der Waals surface area contributed by atoms with E-state index < -0.39 is 23.7 Å². The van der Waals surface area contributed by atoms with E-state index in [-0.39, 0.29) is 13.2 Å². The molecule has 1 saturated heterocycles. The molecule has 1 aromatic rings. The number of rotatable bonds is 4. The van der Waals surface area contributed by atoms with Gasteiger partial charge >= 0.3 is 12.1 Å². The lowest BCUT2D eigenvalue weighted by Gasteiger charge is -2.32. The van der Waals surface area contributed by atoms with Crippen LogP contribution in [-0.4, -0.2) is 46.9 Å². The normalized spacial score (nSPS) is 18.7. The lowest BCUT2D eigenvalue weighted by molar-refractivity contribution is -0.136. The van der Waals surface area contributed by atoms with Gasteiger partial charge in [-0.3, -0.25) is 0 Å². The van der Waals surface area contributed by atoms with Crippen LogP contribution in [0.4, 0.5) is 4.79 Å². The molecule has 2 rings (SSSR count). The molecule has 1 heterocycles. The predicted octanol–water partition coefficient (Wildman–Crippen LogP) is 2.11. The molecule has 1 aliphatic heterocycles. The summed E-state index contributed by atoms with van der Waals surface area (Å²) in [6, 6.07) is 8.85. The van der Waals surface area contributed by atoms with Crippen LogP contribution in [0.5, 0.6) is 0 Å². The minimum absolute atomic E-state index is 0.166. The highest BCUT2D eigenvalue weighted by molar-refractivity contribution is 5.88. The highest BCUT2D eigenvalue weighted by Gasteiger charge is 2.41. The topological polar surface area (TPSA) is 76.1 Å². The van der Waals surface area contributed by atoms with Crippen molar-refractivity contribution < 1.29 is 24.2 Å². The average Bonchev–Trinajstić information content (AvgIpc) is 3.10. The minimum atomic E-state index is -1.52. The van der Waals surface area contributed by atoms with Crippen molar-refractivity contribution in [3.8, 4) is 11.8 Å². The molecule has 0 saturated carbocycles. The van der Waals surface area contributed by atoms with Crippen LogP contribution in [-0.2, 0) is 20.9 Å². The van der Waals surface area contributed by atoms with Crippen molar-refractivity contribution in [1.82, 2.24) is 4.90 Å². The summed E-state index contributed by atoms with van der Waals surface area (Å²) in [4.78, 5) is 25.2. The maximum atomic E-state index is 12.4. The molecule has 1 aliphatic rings. The number of carbonyl (C=O) groups is 2. The largest absolute Gasteiger partial charge is 0.456 e. The molecule has 1 N–H and O–H groups in total. The Kier molecular flexibility index (Phi) is 6.43. The SMILES string of the molecule is CCOC(=O)C#C[C@](C)(O)[C@@H]1CCCN1C(=O)OCc1ccccc1. The van der Waals surface area contributed by atoms with Crippen LogP contribution in [0.2, 0.25) is 0 Å². The van der Waals surface area contributed by atoms with Gasteiger partial charge in [0, 0.05) is 12.5 Å². The van der Waals surface area contributed by atoms with Gasteiger partial charge in [-0.05, 0) is 32.3 Å². The van der Waals surface area contributed by atoms with Gasteiger partial charge in [0.25, 0.3) is 0 Å². The first-order valence-corrected chi connectivity index (χ1v) is 8.33. The summed E-state index contributed by atoms with van der Waals surface area (Å²) in [5.41, 5.74) is -0.630. The van der Waals surface area contributed by atoms with Gasteiger partial charge in [0.2, 0.25) is 0 Å². The van der Waals surface area contributed by atoms with Gasteiger partial charge in [-0.25, -0.2) is 9.59 Å². The van der Waals surface area contributed by atoms with Crippen LogP contribution < -0.4 is 0 Å². The van der Waals surface area contributed by atoms with Gasteiger partial charge in [-0.1, -0.05) is 36.3 Å². The number of esters is 1. The Morgan fingerprint density at radius 2 is 2.04 bits per heavy atom. The molecule has 134 valence electrons. The third-order valence-electron chi connectivity index (χ3n) is 4.03. The molecule has 6 heteroatoms. The molecule has 2 atom stereocenters. The zero-order valence-electron chi connectivity index (χ0n) is 14.5. The van der Waals surface area contributed by atoms with Crippen LogP contribution in [0, 0.1) is 11.8 Å². The smallest absolute Gasteiger partial charge is 0.410 e. The molecule has 6 nitrogen and oxygen atoms in total. The Balaban J connectivity index is 2.00. The van der Waals surface area contributed by atoms with Crippen molar-refractivity contribution in [3.63, 3.8) is 0 Å². The first-order valence-electron chi connectivity index (χ1n) is 8.33. The van der Waals surface area contributed by atoms with E-state index in [2.05, 4.69) is 11.8 Å². The van der Waals surface area contributed by atoms with Crippen molar-refractivity contribution in [2.24, 2.45) is 0 Å². The Morgan fingerprint density at radius 1 is 1.32 bits per heavy atom. The zero-order valence-corrected chi connectivity index (χ0v) is 14.5. The van der Waals surface area contributed by atoms with Crippen molar-refractivity contribution in [2.75, 3.05) is 13.2 Å². The summed E-state index contributed by atoms with van der Waals surface area (Å²) < 4.78 is 10.1. The third-order valence-corrected chi connectivity index (χ3v) is 4.03. The molecule has 0 bridgehead atoms. The van der Waals surface area contributed by atoms with E-state index >= 15 is 0 Å². The van der Waals surface area contributed by atoms with Crippen molar-refractivity contribution >= 4 is 12.1 Å². The number of nitrogens with zero attached hydrogens (tertiary/aromatic N) is 1. The first kappa shape index (κ1) is 18.8. The van der Waals surface area contributed by atoms with Gasteiger partial charge in [0.15, 0.2) is 0 Å². The van der Waals surface area contributed by atoms with E-state index in [1.807, 2.05) is 30.3 Å². The molecule has 1 amide bonds. The molecule has 0 unspecified atom stereocenters. The van der Waals surface area contributed by atoms with Crippen LogP contribution in [0.3, 0.4) is 0 Å². The summed E-state index contributed by atoms with van der Waals surface area (Å²) in [6.07, 6.45) is 0.831. The van der Waals surface area contributed by atoms with Crippen molar-refractivity contribution in [3.05, 3.63) is 35.9 Å². The van der Waals surface area contributed by atoms with Crippen LogP contribution in [0.25, 0.3) is 0 Å². The van der Waals surface area contributed by atoms with E-state index in [1.54, 1.807) is 6.92 Å². The summed E-state index contributed by atoms with van der Waals surface area (Å²) in [6.45, 7) is 4.04. The number of amides is 1. The van der Waals surface area contributed by atoms with Gasteiger partial charge in [0.05, 0.1) is 12.6 Å². The maximum absolute atomic E-state index is 12.4. The number of ether oxygens (including phenoxy) is 2. The Bertz CT molecular complexity index is 659. The predicted molar refractivity (Wildman–Crippen MR) is 91.4 cm³/mol. The summed E-state index contributed by atoms with van der Waals surface area (Å²) >= 11 is 0. The minimum Gasteiger partial charge on any atom is -0.456 e. The van der Waals surface area contributed by atoms with E-state index in [9.17, 15) is 14.7 Å². The highest BCUT2D eigenvalue weighted by atomic mass is 16.6. The quantitative estimate of drug-likeness (QED) is 0.514.